The van der Waals surface area contributed by atoms with Crippen LogP contribution in [0.2, 0.25) is 0 Å². The maximum Gasteiger partial charge on any atom is 0.268 e. The second kappa shape index (κ2) is 7.31. The van der Waals surface area contributed by atoms with Gasteiger partial charge in [-0.3, -0.25) is 9.59 Å². The fourth-order valence-electron chi connectivity index (χ4n) is 2.85. The van der Waals surface area contributed by atoms with E-state index in [1.165, 1.54) is 0 Å². The Balaban J connectivity index is 1.77. The van der Waals surface area contributed by atoms with E-state index in [1.807, 2.05) is 18.2 Å². The van der Waals surface area contributed by atoms with E-state index in [4.69, 9.17) is 10.00 Å². The minimum Gasteiger partial charge on any atom is -0.496 e. The van der Waals surface area contributed by atoms with Gasteiger partial charge in [-0.15, -0.1) is 0 Å². The lowest BCUT2D eigenvalue weighted by Gasteiger charge is -2.17. The van der Waals surface area contributed by atoms with Crippen molar-refractivity contribution in [3.63, 3.8) is 0 Å². The lowest BCUT2D eigenvalue weighted by molar-refractivity contribution is -0.122. The average Bonchev–Trinajstić information content (AvgIpc) is 3.34. The van der Waals surface area contributed by atoms with Crippen LogP contribution in [0.15, 0.2) is 36.5 Å². The predicted molar refractivity (Wildman–Crippen MR) is 96.3 cm³/mol. The van der Waals surface area contributed by atoms with Gasteiger partial charge in [0.05, 0.1) is 7.11 Å². The normalized spacial score (nSPS) is 14.3. The van der Waals surface area contributed by atoms with Crippen LogP contribution in [0.5, 0.6) is 5.75 Å². The maximum atomic E-state index is 12.6. The highest BCUT2D eigenvalue weighted by atomic mass is 16.5. The van der Waals surface area contributed by atoms with Crippen molar-refractivity contribution in [3.05, 3.63) is 42.2 Å². The van der Waals surface area contributed by atoms with Crippen LogP contribution in [0.25, 0.3) is 10.9 Å². The molecule has 26 heavy (non-hydrogen) atoms. The number of nitriles is 1. The van der Waals surface area contributed by atoms with Gasteiger partial charge in [0.15, 0.2) is 0 Å². The van der Waals surface area contributed by atoms with E-state index in [0.29, 0.717) is 23.8 Å². The van der Waals surface area contributed by atoms with Gasteiger partial charge in [-0.2, -0.15) is 5.26 Å². The van der Waals surface area contributed by atoms with Gasteiger partial charge in [0, 0.05) is 10.9 Å². The summed E-state index contributed by atoms with van der Waals surface area (Å²) in [5.41, 5.74) is 1.08. The number of methoxy groups -OCH3 is 1. The summed E-state index contributed by atoms with van der Waals surface area (Å²) in [5, 5.41) is 14.8. The summed E-state index contributed by atoms with van der Waals surface area (Å²) in [7, 11) is 1.57. The number of aromatic nitrogens is 1. The second-order valence-electron chi connectivity index (χ2n) is 6.39. The third-order valence-corrected chi connectivity index (χ3v) is 4.39. The Kier molecular flexibility index (Phi) is 4.94. The van der Waals surface area contributed by atoms with Gasteiger partial charge >= 0.3 is 0 Å². The third kappa shape index (κ3) is 3.86. The number of aromatic amines is 1. The van der Waals surface area contributed by atoms with Gasteiger partial charge in [0.1, 0.15) is 29.3 Å². The molecule has 0 unspecified atom stereocenters. The Morgan fingerprint density at radius 3 is 2.88 bits per heavy atom. The molecule has 0 spiro atoms. The zero-order valence-electron chi connectivity index (χ0n) is 14.5. The number of rotatable bonds is 7. The molecule has 0 bridgehead atoms. The molecule has 1 aromatic heterocycles. The second-order valence-corrected chi connectivity index (χ2v) is 6.39. The monoisotopic (exact) mass is 352 g/mol. The number of carbonyl (C=O) groups excluding carboxylic acids is 2. The molecule has 2 amide bonds. The number of benzene rings is 1. The molecular formula is C19H20N4O3. The third-order valence-electron chi connectivity index (χ3n) is 4.39. The van der Waals surface area contributed by atoms with Crippen molar-refractivity contribution in [1.29, 1.82) is 5.26 Å². The number of fused-ring (bicyclic) bond motifs is 1. The van der Waals surface area contributed by atoms with Crippen LogP contribution in [-0.4, -0.2) is 29.9 Å². The summed E-state index contributed by atoms with van der Waals surface area (Å²) in [6.07, 6.45) is 2.63. The molecule has 1 fully saturated rings. The lowest BCUT2D eigenvalue weighted by Crippen LogP contribution is -2.46. The SMILES string of the molecule is C=C(C#N)NC(=O)[C@H](CC1CC1)NC(=O)c1cc2c(OC)cccc2[nH]1. The van der Waals surface area contributed by atoms with Crippen molar-refractivity contribution < 1.29 is 14.3 Å². The quantitative estimate of drug-likeness (QED) is 0.664. The first kappa shape index (κ1) is 17.5. The topological polar surface area (TPSA) is 107 Å². The van der Waals surface area contributed by atoms with E-state index in [-0.39, 0.29) is 11.6 Å². The van der Waals surface area contributed by atoms with Crippen LogP contribution in [0.3, 0.4) is 0 Å². The van der Waals surface area contributed by atoms with Crippen molar-refractivity contribution >= 4 is 22.7 Å². The fourth-order valence-corrected chi connectivity index (χ4v) is 2.85. The minimum atomic E-state index is -0.714. The Hall–Kier alpha value is -3.27. The smallest absolute Gasteiger partial charge is 0.268 e. The summed E-state index contributed by atoms with van der Waals surface area (Å²) in [4.78, 5) is 28.0. The molecule has 1 heterocycles. The zero-order chi connectivity index (χ0) is 18.7. The van der Waals surface area contributed by atoms with Gasteiger partial charge < -0.3 is 20.4 Å². The molecule has 0 saturated heterocycles. The van der Waals surface area contributed by atoms with Crippen molar-refractivity contribution in [2.75, 3.05) is 7.11 Å². The lowest BCUT2D eigenvalue weighted by atomic mass is 10.1. The van der Waals surface area contributed by atoms with E-state index >= 15 is 0 Å². The molecule has 7 nitrogen and oxygen atoms in total. The summed E-state index contributed by atoms with van der Waals surface area (Å²) >= 11 is 0. The predicted octanol–water partition coefficient (Wildman–Crippen LogP) is 2.23. The molecule has 0 radical (unpaired) electrons. The highest BCUT2D eigenvalue weighted by molar-refractivity contribution is 6.01. The van der Waals surface area contributed by atoms with Crippen molar-refractivity contribution in [1.82, 2.24) is 15.6 Å². The molecule has 2 aromatic rings. The van der Waals surface area contributed by atoms with Crippen molar-refractivity contribution in [2.24, 2.45) is 5.92 Å². The van der Waals surface area contributed by atoms with Gasteiger partial charge in [-0.25, -0.2) is 0 Å². The van der Waals surface area contributed by atoms with Gasteiger partial charge in [-0.1, -0.05) is 25.5 Å². The largest absolute Gasteiger partial charge is 0.496 e. The van der Waals surface area contributed by atoms with E-state index in [9.17, 15) is 9.59 Å². The summed E-state index contributed by atoms with van der Waals surface area (Å²) in [6, 6.07) is 8.25. The first-order valence-corrected chi connectivity index (χ1v) is 8.38. The maximum absolute atomic E-state index is 12.6. The first-order chi connectivity index (χ1) is 12.5. The van der Waals surface area contributed by atoms with E-state index in [2.05, 4.69) is 22.2 Å². The molecule has 3 N–H and O–H groups in total. The zero-order valence-corrected chi connectivity index (χ0v) is 14.5. The number of hydrogen-bond acceptors (Lipinski definition) is 4. The molecule has 1 atom stereocenters. The van der Waals surface area contributed by atoms with Crippen molar-refractivity contribution in [3.8, 4) is 11.8 Å². The number of nitrogens with one attached hydrogen (secondary N) is 3. The number of allylic oxidation sites excluding steroid dienone is 1. The molecule has 0 aliphatic heterocycles. The van der Waals surface area contributed by atoms with Crippen LogP contribution in [0.4, 0.5) is 0 Å². The average molecular weight is 352 g/mol. The molecule has 1 aliphatic rings. The summed E-state index contributed by atoms with van der Waals surface area (Å²) in [5.74, 6) is 0.275. The van der Waals surface area contributed by atoms with E-state index in [1.54, 1.807) is 19.2 Å². The van der Waals surface area contributed by atoms with Gasteiger partial charge in [0.2, 0.25) is 5.91 Å². The van der Waals surface area contributed by atoms with E-state index < -0.39 is 11.9 Å². The Morgan fingerprint density at radius 2 is 2.23 bits per heavy atom. The summed E-state index contributed by atoms with van der Waals surface area (Å²) < 4.78 is 5.30. The van der Waals surface area contributed by atoms with E-state index in [0.717, 1.165) is 23.7 Å². The highest BCUT2D eigenvalue weighted by Gasteiger charge is 2.31. The first-order valence-electron chi connectivity index (χ1n) is 8.38. The van der Waals surface area contributed by atoms with Crippen LogP contribution in [0, 0.1) is 17.2 Å². The van der Waals surface area contributed by atoms with Gasteiger partial charge in [0.25, 0.3) is 5.91 Å². The number of carbonyl (C=O) groups is 2. The molecule has 1 aromatic carbocycles. The fraction of sp³-hybridized carbons (Fsp3) is 0.316. The molecule has 3 rings (SSSR count). The summed E-state index contributed by atoms with van der Waals surface area (Å²) in [6.45, 7) is 3.45. The number of hydrogen-bond donors (Lipinski definition) is 3. The minimum absolute atomic E-state index is 0.0413. The molecule has 1 aliphatic carbocycles. The molecule has 134 valence electrons. The molecule has 1 saturated carbocycles. The number of H-pyrrole nitrogens is 1. The Bertz CT molecular complexity index is 905. The number of ether oxygens (including phenoxy) is 1. The highest BCUT2D eigenvalue weighted by Crippen LogP contribution is 2.33. The van der Waals surface area contributed by atoms with Crippen LogP contribution in [-0.2, 0) is 4.79 Å². The standard InChI is InChI=1S/C19H20N4O3/c1-11(10-20)21-18(24)15(8-12-6-7-12)23-19(25)16-9-13-14(22-16)4-3-5-17(13)26-2/h3-5,9,12,15,22H,1,6-8H2,2H3,(H,21,24)(H,23,25)/t15-/m0/s1. The Labute approximate surface area is 151 Å². The number of nitrogens with zero attached hydrogens (tertiary/aromatic N) is 1. The van der Waals surface area contributed by atoms with Crippen LogP contribution >= 0.6 is 0 Å². The van der Waals surface area contributed by atoms with Crippen molar-refractivity contribution in [2.45, 2.75) is 25.3 Å². The van der Waals surface area contributed by atoms with Crippen LogP contribution in [0.1, 0.15) is 29.8 Å². The molecular weight excluding hydrogens is 332 g/mol. The van der Waals surface area contributed by atoms with Crippen LogP contribution < -0.4 is 15.4 Å². The Morgan fingerprint density at radius 1 is 1.46 bits per heavy atom. The van der Waals surface area contributed by atoms with Gasteiger partial charge in [-0.05, 0) is 30.5 Å². The molecule has 7 heteroatoms. The number of amides is 2.